The zero-order chi connectivity index (χ0) is 15.2. The van der Waals surface area contributed by atoms with E-state index in [0.29, 0.717) is 13.0 Å². The third kappa shape index (κ3) is 4.44. The maximum absolute atomic E-state index is 12.4. The minimum Gasteiger partial charge on any atom is -0.390 e. The number of aliphatic hydroxyl groups excluding tert-OH is 1. The Morgan fingerprint density at radius 1 is 1.43 bits per heavy atom. The van der Waals surface area contributed by atoms with Gasteiger partial charge in [0.2, 0.25) is 0 Å². The monoisotopic (exact) mass is 294 g/mol. The molecule has 3 atom stereocenters. The molecule has 0 aromatic carbocycles. The molecule has 2 fully saturated rings. The van der Waals surface area contributed by atoms with Gasteiger partial charge < -0.3 is 14.7 Å². The molecule has 0 aromatic heterocycles. The Morgan fingerprint density at radius 2 is 2.14 bits per heavy atom. The van der Waals surface area contributed by atoms with Crippen LogP contribution in [-0.4, -0.2) is 72.4 Å². The molecule has 2 aliphatic heterocycles. The summed E-state index contributed by atoms with van der Waals surface area (Å²) >= 11 is 0. The summed E-state index contributed by atoms with van der Waals surface area (Å²) < 4.78 is 5.88. The fourth-order valence-electron chi connectivity index (χ4n) is 3.03. The zero-order valence-electron chi connectivity index (χ0n) is 12.8. The first kappa shape index (κ1) is 16.3. The van der Waals surface area contributed by atoms with E-state index in [0.717, 1.165) is 45.3 Å². The van der Waals surface area contributed by atoms with Crippen LogP contribution in [0.1, 0.15) is 32.1 Å². The molecule has 118 valence electrons. The van der Waals surface area contributed by atoms with Crippen molar-refractivity contribution in [2.24, 2.45) is 0 Å². The highest BCUT2D eigenvalue weighted by molar-refractivity contribution is 5.82. The molecular formula is C16H26N2O3. The largest absolute Gasteiger partial charge is 0.390 e. The highest BCUT2D eigenvalue weighted by atomic mass is 16.5. The second-order valence-electron chi connectivity index (χ2n) is 6.09. The third-order valence-corrected chi connectivity index (χ3v) is 4.33. The lowest BCUT2D eigenvalue weighted by atomic mass is 9.98. The number of aliphatic hydroxyl groups is 1. The first-order chi connectivity index (χ1) is 10.1. The number of amides is 1. The molecule has 0 spiro atoms. The van der Waals surface area contributed by atoms with Crippen molar-refractivity contribution in [1.82, 2.24) is 9.80 Å². The van der Waals surface area contributed by atoms with Gasteiger partial charge in [0, 0.05) is 19.6 Å². The van der Waals surface area contributed by atoms with Crippen LogP contribution >= 0.6 is 0 Å². The lowest BCUT2D eigenvalue weighted by Crippen LogP contribution is -2.50. The van der Waals surface area contributed by atoms with E-state index in [1.165, 1.54) is 0 Å². The van der Waals surface area contributed by atoms with Gasteiger partial charge in [-0.15, -0.1) is 6.42 Å². The summed E-state index contributed by atoms with van der Waals surface area (Å²) in [5.74, 6) is 2.57. The van der Waals surface area contributed by atoms with Crippen LogP contribution in [0.25, 0.3) is 0 Å². The Kier molecular flexibility index (Phi) is 6.04. The molecule has 0 saturated carbocycles. The molecule has 5 nitrogen and oxygen atoms in total. The molecule has 1 amide bonds. The van der Waals surface area contributed by atoms with E-state index in [1.807, 2.05) is 11.9 Å². The summed E-state index contributed by atoms with van der Waals surface area (Å²) in [7, 11) is 1.98. The van der Waals surface area contributed by atoms with Crippen LogP contribution in [0, 0.1) is 12.3 Å². The summed E-state index contributed by atoms with van der Waals surface area (Å²) in [6.07, 6.45) is 8.34. The number of ether oxygens (including phenoxy) is 1. The highest BCUT2D eigenvalue weighted by Gasteiger charge is 2.37. The maximum atomic E-state index is 12.4. The molecule has 0 aromatic rings. The van der Waals surface area contributed by atoms with E-state index >= 15 is 0 Å². The maximum Gasteiger partial charge on any atom is 0.254 e. The van der Waals surface area contributed by atoms with Crippen molar-refractivity contribution < 1.29 is 14.6 Å². The van der Waals surface area contributed by atoms with Gasteiger partial charge in [0.15, 0.2) is 6.10 Å². The molecule has 0 radical (unpaired) electrons. The number of carbonyl (C=O) groups is 1. The van der Waals surface area contributed by atoms with E-state index in [2.05, 4.69) is 10.8 Å². The van der Waals surface area contributed by atoms with Crippen molar-refractivity contribution in [2.45, 2.75) is 50.4 Å². The van der Waals surface area contributed by atoms with Crippen LogP contribution in [0.4, 0.5) is 0 Å². The topological polar surface area (TPSA) is 53.0 Å². The van der Waals surface area contributed by atoms with Crippen LogP contribution in [0.3, 0.4) is 0 Å². The van der Waals surface area contributed by atoms with E-state index in [1.54, 1.807) is 0 Å². The number of likely N-dealkylation sites (tertiary alicyclic amines) is 1. The third-order valence-electron chi connectivity index (χ3n) is 4.33. The molecule has 2 heterocycles. The van der Waals surface area contributed by atoms with Crippen LogP contribution in [0.5, 0.6) is 0 Å². The van der Waals surface area contributed by atoms with Crippen LogP contribution < -0.4 is 0 Å². The van der Waals surface area contributed by atoms with Crippen molar-refractivity contribution in [2.75, 3.05) is 33.2 Å². The van der Waals surface area contributed by atoms with Gasteiger partial charge in [-0.1, -0.05) is 5.92 Å². The van der Waals surface area contributed by atoms with Crippen molar-refractivity contribution >= 4 is 5.91 Å². The van der Waals surface area contributed by atoms with Crippen LogP contribution in [0.2, 0.25) is 0 Å². The molecule has 21 heavy (non-hydrogen) atoms. The van der Waals surface area contributed by atoms with Crippen molar-refractivity contribution in [1.29, 1.82) is 0 Å². The fraction of sp³-hybridized carbons (Fsp3) is 0.812. The minimum atomic E-state index is -0.681. The van der Waals surface area contributed by atoms with Crippen molar-refractivity contribution in [3.8, 4) is 12.3 Å². The number of carbonyl (C=O) groups excluding carboxylic acids is 1. The Bertz CT molecular complexity index is 387. The average molecular weight is 294 g/mol. The quantitative estimate of drug-likeness (QED) is 0.749. The number of hydrogen-bond acceptors (Lipinski definition) is 4. The van der Waals surface area contributed by atoms with E-state index in [-0.39, 0.29) is 12.0 Å². The first-order valence-corrected chi connectivity index (χ1v) is 7.86. The predicted molar refractivity (Wildman–Crippen MR) is 80.7 cm³/mol. The fourth-order valence-corrected chi connectivity index (χ4v) is 3.03. The minimum absolute atomic E-state index is 0.0326. The van der Waals surface area contributed by atoms with Crippen molar-refractivity contribution in [3.63, 3.8) is 0 Å². The van der Waals surface area contributed by atoms with E-state index in [4.69, 9.17) is 11.2 Å². The van der Waals surface area contributed by atoms with Gasteiger partial charge in [0.25, 0.3) is 5.91 Å². The lowest BCUT2D eigenvalue weighted by Gasteiger charge is -2.35. The molecule has 3 unspecified atom stereocenters. The molecule has 2 rings (SSSR count). The average Bonchev–Trinajstić information content (AvgIpc) is 3.00. The van der Waals surface area contributed by atoms with Gasteiger partial charge in [-0.25, -0.2) is 0 Å². The molecule has 0 aliphatic carbocycles. The second kappa shape index (κ2) is 7.79. The molecule has 1 N–H and O–H groups in total. The molecule has 0 bridgehead atoms. The summed E-state index contributed by atoms with van der Waals surface area (Å²) in [5, 5.41) is 10.1. The zero-order valence-corrected chi connectivity index (χ0v) is 12.8. The number of rotatable bonds is 5. The molecular weight excluding hydrogens is 268 g/mol. The SMILES string of the molecule is C#CCN(C)CCC1CCC(O)C(C(=O)N2CCCC2)O1. The number of hydrogen-bond donors (Lipinski definition) is 1. The van der Waals surface area contributed by atoms with Gasteiger partial charge in [-0.2, -0.15) is 0 Å². The second-order valence-corrected chi connectivity index (χ2v) is 6.09. The van der Waals surface area contributed by atoms with Gasteiger partial charge in [0.1, 0.15) is 0 Å². The Labute approximate surface area is 127 Å². The smallest absolute Gasteiger partial charge is 0.254 e. The predicted octanol–water partition coefficient (Wildman–Crippen LogP) is 0.472. The van der Waals surface area contributed by atoms with Crippen molar-refractivity contribution in [3.05, 3.63) is 0 Å². The van der Waals surface area contributed by atoms with E-state index in [9.17, 15) is 9.90 Å². The normalized spacial score (nSPS) is 29.6. The Balaban J connectivity index is 1.84. The highest BCUT2D eigenvalue weighted by Crippen LogP contribution is 2.24. The number of nitrogens with zero attached hydrogens (tertiary/aromatic N) is 2. The molecule has 5 heteroatoms. The van der Waals surface area contributed by atoms with Gasteiger partial charge >= 0.3 is 0 Å². The summed E-state index contributed by atoms with van der Waals surface area (Å²) in [6, 6.07) is 0. The molecule has 2 aliphatic rings. The van der Waals surface area contributed by atoms with Gasteiger partial charge in [-0.05, 0) is 39.2 Å². The number of terminal acetylenes is 1. The summed E-state index contributed by atoms with van der Waals surface area (Å²) in [6.45, 7) is 3.04. The van der Waals surface area contributed by atoms with Crippen LogP contribution in [-0.2, 0) is 9.53 Å². The summed E-state index contributed by atoms with van der Waals surface area (Å²) in [4.78, 5) is 16.3. The summed E-state index contributed by atoms with van der Waals surface area (Å²) in [5.41, 5.74) is 0. The van der Waals surface area contributed by atoms with Gasteiger partial charge in [-0.3, -0.25) is 9.69 Å². The molecule has 2 saturated heterocycles. The van der Waals surface area contributed by atoms with E-state index < -0.39 is 12.2 Å². The van der Waals surface area contributed by atoms with Gasteiger partial charge in [0.05, 0.1) is 18.8 Å². The Morgan fingerprint density at radius 3 is 2.81 bits per heavy atom. The van der Waals surface area contributed by atoms with Crippen LogP contribution in [0.15, 0.2) is 0 Å². The Hall–Kier alpha value is -1.09. The lowest BCUT2D eigenvalue weighted by molar-refractivity contribution is -0.167. The standard InChI is InChI=1S/C16H26N2O3/c1-3-9-17(2)12-8-13-6-7-14(19)15(21-13)16(20)18-10-4-5-11-18/h1,13-15,19H,4-12H2,2H3. The first-order valence-electron chi connectivity index (χ1n) is 7.86.